The summed E-state index contributed by atoms with van der Waals surface area (Å²) in [6, 6.07) is 0. The Balaban J connectivity index is 0. The van der Waals surface area contributed by atoms with Crippen LogP contribution in [-0.4, -0.2) is 0 Å². The highest BCUT2D eigenvalue weighted by Gasteiger charge is 2.08. The molecule has 0 aliphatic rings. The molecule has 0 bridgehead atoms. The smallest absolute Gasteiger partial charge is 0.0302 e. The third-order valence-electron chi connectivity index (χ3n) is 3.75. The van der Waals surface area contributed by atoms with Crippen molar-refractivity contribution in [3.8, 4) is 0 Å². The summed E-state index contributed by atoms with van der Waals surface area (Å²) in [4.78, 5) is 0. The fourth-order valence-corrected chi connectivity index (χ4v) is 2.43. The highest BCUT2D eigenvalue weighted by Crippen LogP contribution is 2.27. The van der Waals surface area contributed by atoms with E-state index < -0.39 is 0 Å². The normalized spacial score (nSPS) is 14.3. The Hall–Kier alpha value is -0.780. The van der Waals surface area contributed by atoms with Crippen molar-refractivity contribution in [2.45, 2.75) is 88.0 Å². The highest BCUT2D eigenvalue weighted by atomic mass is 14.1. The van der Waals surface area contributed by atoms with Gasteiger partial charge in [0.2, 0.25) is 0 Å². The van der Waals surface area contributed by atoms with Crippen molar-refractivity contribution in [3.63, 3.8) is 0 Å². The van der Waals surface area contributed by atoms with Gasteiger partial charge in [0.15, 0.2) is 0 Å². The SMILES string of the molecule is C/C=C(CC)/C(CC)=C(C)\C(C)=C(\C)CCC.CC. The van der Waals surface area contributed by atoms with Crippen LogP contribution in [0.2, 0.25) is 0 Å². The second-order valence-electron chi connectivity index (χ2n) is 4.78. The van der Waals surface area contributed by atoms with Crippen molar-refractivity contribution in [3.05, 3.63) is 33.9 Å². The van der Waals surface area contributed by atoms with E-state index >= 15 is 0 Å². The maximum absolute atomic E-state index is 2.28. The van der Waals surface area contributed by atoms with Crippen molar-refractivity contribution in [1.29, 1.82) is 0 Å². The molecule has 0 aliphatic heterocycles. The highest BCUT2D eigenvalue weighted by molar-refractivity contribution is 5.44. The van der Waals surface area contributed by atoms with Gasteiger partial charge in [-0.05, 0) is 69.2 Å². The average Bonchev–Trinajstić information content (AvgIpc) is 2.45. The molecule has 19 heavy (non-hydrogen) atoms. The van der Waals surface area contributed by atoms with Crippen molar-refractivity contribution in [2.24, 2.45) is 0 Å². The lowest BCUT2D eigenvalue weighted by Crippen LogP contribution is -1.96. The Labute approximate surface area is 122 Å². The van der Waals surface area contributed by atoms with Crippen LogP contribution in [-0.2, 0) is 0 Å². The summed E-state index contributed by atoms with van der Waals surface area (Å²) in [5.74, 6) is 0. The molecule has 0 spiro atoms. The van der Waals surface area contributed by atoms with Gasteiger partial charge in [0, 0.05) is 0 Å². The summed E-state index contributed by atoms with van der Waals surface area (Å²) in [5, 5.41) is 0. The monoisotopic (exact) mass is 264 g/mol. The molecule has 0 aromatic heterocycles. The zero-order valence-electron chi connectivity index (χ0n) is 14.9. The van der Waals surface area contributed by atoms with Crippen molar-refractivity contribution >= 4 is 0 Å². The molecule has 0 radical (unpaired) electrons. The van der Waals surface area contributed by atoms with Gasteiger partial charge in [-0.3, -0.25) is 0 Å². The lowest BCUT2D eigenvalue weighted by molar-refractivity contribution is 0.888. The minimum atomic E-state index is 1.14. The first-order valence-electron chi connectivity index (χ1n) is 8.05. The van der Waals surface area contributed by atoms with E-state index in [4.69, 9.17) is 0 Å². The van der Waals surface area contributed by atoms with Crippen LogP contribution in [0, 0.1) is 0 Å². The maximum atomic E-state index is 2.28. The molecule has 0 heteroatoms. The largest absolute Gasteiger partial charge is 0.0842 e. The fraction of sp³-hybridized carbons (Fsp3) is 0.684. The van der Waals surface area contributed by atoms with E-state index in [-0.39, 0.29) is 0 Å². The molecule has 0 aliphatic carbocycles. The molecule has 0 N–H and O–H groups in total. The van der Waals surface area contributed by atoms with Crippen molar-refractivity contribution in [2.75, 3.05) is 0 Å². The minimum Gasteiger partial charge on any atom is -0.0842 e. The van der Waals surface area contributed by atoms with E-state index in [0.717, 1.165) is 12.8 Å². The van der Waals surface area contributed by atoms with Crippen LogP contribution in [0.5, 0.6) is 0 Å². The summed E-state index contributed by atoms with van der Waals surface area (Å²) in [6.45, 7) is 19.7. The Morgan fingerprint density at radius 1 is 0.842 bits per heavy atom. The molecule has 0 aromatic rings. The second-order valence-corrected chi connectivity index (χ2v) is 4.78. The Bertz CT molecular complexity index is 324. The predicted octanol–water partition coefficient (Wildman–Crippen LogP) is 7.23. The van der Waals surface area contributed by atoms with Gasteiger partial charge < -0.3 is 0 Å². The summed E-state index contributed by atoms with van der Waals surface area (Å²) in [5.41, 5.74) is 7.59. The van der Waals surface area contributed by atoms with Gasteiger partial charge in [-0.25, -0.2) is 0 Å². The van der Waals surface area contributed by atoms with E-state index in [0.29, 0.717) is 0 Å². The van der Waals surface area contributed by atoms with E-state index in [2.05, 4.69) is 54.5 Å². The number of allylic oxidation sites excluding steroid dienone is 6. The van der Waals surface area contributed by atoms with E-state index in [9.17, 15) is 0 Å². The minimum absolute atomic E-state index is 1.14. The predicted molar refractivity (Wildman–Crippen MR) is 91.7 cm³/mol. The summed E-state index contributed by atoms with van der Waals surface area (Å²) >= 11 is 0. The van der Waals surface area contributed by atoms with Crippen LogP contribution >= 0.6 is 0 Å². The zero-order chi connectivity index (χ0) is 15.4. The molecule has 0 amide bonds. The Morgan fingerprint density at radius 2 is 1.37 bits per heavy atom. The molecule has 0 fully saturated rings. The molecule has 0 rings (SSSR count). The average molecular weight is 264 g/mol. The van der Waals surface area contributed by atoms with E-state index in [1.807, 2.05) is 13.8 Å². The van der Waals surface area contributed by atoms with Crippen LogP contribution in [0.25, 0.3) is 0 Å². The molecule has 0 saturated heterocycles. The first-order chi connectivity index (χ1) is 9.03. The summed E-state index contributed by atoms with van der Waals surface area (Å²) in [7, 11) is 0. The number of hydrogen-bond acceptors (Lipinski definition) is 0. The molecule has 0 atom stereocenters. The maximum Gasteiger partial charge on any atom is -0.0302 e. The van der Waals surface area contributed by atoms with Gasteiger partial charge in [0.25, 0.3) is 0 Å². The molecule has 0 saturated carbocycles. The third-order valence-corrected chi connectivity index (χ3v) is 3.75. The summed E-state index contributed by atoms with van der Waals surface area (Å²) < 4.78 is 0. The summed E-state index contributed by atoms with van der Waals surface area (Å²) in [6.07, 6.45) is 7.00. The molecule has 0 heterocycles. The standard InChI is InChI=1S/C17H30.C2H6/c1-8-12-13(5)14(6)15(7)17(11-4)16(9-2)10-3;1-2/h9H,8,10-12H2,1-7H3;1-2H3/b14-13-,16-9+,17-15-;. The second kappa shape index (κ2) is 12.3. The molecule has 0 nitrogen and oxygen atoms in total. The van der Waals surface area contributed by atoms with Gasteiger partial charge in [-0.15, -0.1) is 0 Å². The number of rotatable bonds is 6. The third kappa shape index (κ3) is 6.80. The first-order valence-corrected chi connectivity index (χ1v) is 8.05. The van der Waals surface area contributed by atoms with E-state index in [1.54, 1.807) is 11.1 Å². The van der Waals surface area contributed by atoms with Crippen molar-refractivity contribution < 1.29 is 0 Å². The van der Waals surface area contributed by atoms with Crippen LogP contribution in [0.4, 0.5) is 0 Å². The van der Waals surface area contributed by atoms with Gasteiger partial charge in [0.1, 0.15) is 0 Å². The Kier molecular flexibility index (Phi) is 13.3. The van der Waals surface area contributed by atoms with Crippen LogP contribution in [0.3, 0.4) is 0 Å². The molecular weight excluding hydrogens is 228 g/mol. The van der Waals surface area contributed by atoms with Gasteiger partial charge in [-0.2, -0.15) is 0 Å². The fourth-order valence-electron chi connectivity index (χ4n) is 2.43. The van der Waals surface area contributed by atoms with Crippen LogP contribution in [0.1, 0.15) is 88.0 Å². The van der Waals surface area contributed by atoms with Gasteiger partial charge in [-0.1, -0.05) is 52.7 Å². The first kappa shape index (κ1) is 20.5. The van der Waals surface area contributed by atoms with E-state index in [1.165, 1.54) is 29.6 Å². The molecular formula is C19H36. The molecule has 0 unspecified atom stereocenters. The topological polar surface area (TPSA) is 0 Å². The lowest BCUT2D eigenvalue weighted by atomic mass is 9.90. The zero-order valence-corrected chi connectivity index (χ0v) is 14.9. The quantitative estimate of drug-likeness (QED) is 0.444. The Morgan fingerprint density at radius 3 is 1.68 bits per heavy atom. The van der Waals surface area contributed by atoms with Gasteiger partial charge >= 0.3 is 0 Å². The lowest BCUT2D eigenvalue weighted by Gasteiger charge is -2.16. The molecule has 0 aromatic carbocycles. The van der Waals surface area contributed by atoms with Crippen LogP contribution < -0.4 is 0 Å². The number of hydrogen-bond donors (Lipinski definition) is 0. The van der Waals surface area contributed by atoms with Gasteiger partial charge in [0.05, 0.1) is 0 Å². The molecule has 112 valence electrons. The van der Waals surface area contributed by atoms with Crippen LogP contribution in [0.15, 0.2) is 33.9 Å². The van der Waals surface area contributed by atoms with Crippen molar-refractivity contribution in [1.82, 2.24) is 0 Å².